The minimum Gasteiger partial charge on any atom is -0.493 e. The summed E-state index contributed by atoms with van der Waals surface area (Å²) in [5.74, 6) is 1.87. The van der Waals surface area contributed by atoms with E-state index in [2.05, 4.69) is 10.3 Å². The fraction of sp³-hybridized carbons (Fsp3) is 0.500. The van der Waals surface area contributed by atoms with E-state index in [0.717, 1.165) is 12.0 Å². The Morgan fingerprint density at radius 1 is 1.09 bits per heavy atom. The molecule has 1 fully saturated rings. The summed E-state index contributed by atoms with van der Waals surface area (Å²) < 4.78 is 37.1. The molecule has 0 radical (unpaired) electrons. The minimum absolute atomic E-state index is 0.181. The van der Waals surface area contributed by atoms with Crippen molar-refractivity contribution in [2.45, 2.75) is 26.2 Å². The number of anilines is 1. The first-order chi connectivity index (χ1) is 16.4. The van der Waals surface area contributed by atoms with Gasteiger partial charge in [-0.1, -0.05) is 19.4 Å². The SMILES string of the molecule is CCCCS(=O)(=O)N1CCN(c2ncccc2C(=O)NCCc2ccc(OC)c(OC)c2)CC1. The van der Waals surface area contributed by atoms with Gasteiger partial charge in [0, 0.05) is 38.9 Å². The maximum Gasteiger partial charge on any atom is 0.255 e. The number of methoxy groups -OCH3 is 2. The van der Waals surface area contributed by atoms with Crippen molar-refractivity contribution in [2.75, 3.05) is 57.6 Å². The fourth-order valence-electron chi connectivity index (χ4n) is 3.91. The maximum atomic E-state index is 12.9. The first kappa shape index (κ1) is 25.8. The molecule has 0 saturated carbocycles. The number of piperazine rings is 1. The van der Waals surface area contributed by atoms with E-state index < -0.39 is 10.0 Å². The molecule has 34 heavy (non-hydrogen) atoms. The molecule has 0 atom stereocenters. The lowest BCUT2D eigenvalue weighted by atomic mass is 10.1. The average Bonchev–Trinajstić information content (AvgIpc) is 2.87. The number of nitrogens with zero attached hydrogens (tertiary/aromatic N) is 3. The Bertz CT molecular complexity index is 1070. The lowest BCUT2D eigenvalue weighted by Crippen LogP contribution is -2.50. The molecule has 0 bridgehead atoms. The molecule has 1 aliphatic rings. The van der Waals surface area contributed by atoms with Crippen LogP contribution < -0.4 is 19.7 Å². The largest absolute Gasteiger partial charge is 0.493 e. The van der Waals surface area contributed by atoms with Crippen LogP contribution in [0.15, 0.2) is 36.5 Å². The Morgan fingerprint density at radius 2 is 1.82 bits per heavy atom. The average molecular weight is 491 g/mol. The Morgan fingerprint density at radius 3 is 2.50 bits per heavy atom. The number of pyridine rings is 1. The van der Waals surface area contributed by atoms with Gasteiger partial charge in [0.2, 0.25) is 10.0 Å². The van der Waals surface area contributed by atoms with Crippen LogP contribution in [0, 0.1) is 0 Å². The molecule has 1 aromatic heterocycles. The second-order valence-electron chi connectivity index (χ2n) is 8.13. The molecule has 10 heteroatoms. The van der Waals surface area contributed by atoms with Gasteiger partial charge in [0.15, 0.2) is 11.5 Å². The first-order valence-corrected chi connectivity index (χ1v) is 13.2. The Labute approximate surface area is 202 Å². The smallest absolute Gasteiger partial charge is 0.255 e. The van der Waals surface area contributed by atoms with Crippen molar-refractivity contribution in [1.82, 2.24) is 14.6 Å². The number of nitrogens with one attached hydrogen (secondary N) is 1. The van der Waals surface area contributed by atoms with Crippen molar-refractivity contribution in [3.63, 3.8) is 0 Å². The Balaban J connectivity index is 1.59. The van der Waals surface area contributed by atoms with Crippen molar-refractivity contribution in [1.29, 1.82) is 0 Å². The molecule has 1 amide bonds. The lowest BCUT2D eigenvalue weighted by Gasteiger charge is -2.35. The third-order valence-electron chi connectivity index (χ3n) is 5.87. The van der Waals surface area contributed by atoms with Crippen LogP contribution in [-0.4, -0.2) is 76.3 Å². The molecule has 2 aromatic rings. The molecule has 0 spiro atoms. The Kier molecular flexibility index (Phi) is 9.12. The second kappa shape index (κ2) is 12.0. The van der Waals surface area contributed by atoms with Gasteiger partial charge in [-0.25, -0.2) is 13.4 Å². The molecule has 186 valence electrons. The predicted octanol–water partition coefficient (Wildman–Crippen LogP) is 2.32. The number of ether oxygens (including phenoxy) is 2. The van der Waals surface area contributed by atoms with Gasteiger partial charge in [0.1, 0.15) is 5.82 Å². The van der Waals surface area contributed by atoms with Gasteiger partial charge in [-0.15, -0.1) is 0 Å². The number of sulfonamides is 1. The van der Waals surface area contributed by atoms with Gasteiger partial charge in [0.05, 0.1) is 25.5 Å². The summed E-state index contributed by atoms with van der Waals surface area (Å²) in [6.07, 6.45) is 3.80. The summed E-state index contributed by atoms with van der Waals surface area (Å²) in [7, 11) is -0.0525. The van der Waals surface area contributed by atoms with Gasteiger partial charge in [-0.05, 0) is 42.7 Å². The summed E-state index contributed by atoms with van der Waals surface area (Å²) in [6, 6.07) is 9.17. The minimum atomic E-state index is -3.24. The predicted molar refractivity (Wildman–Crippen MR) is 132 cm³/mol. The van der Waals surface area contributed by atoms with Crippen LogP contribution in [-0.2, 0) is 16.4 Å². The van der Waals surface area contributed by atoms with Gasteiger partial charge in [0.25, 0.3) is 5.91 Å². The number of hydrogen-bond donors (Lipinski definition) is 1. The summed E-state index contributed by atoms with van der Waals surface area (Å²) in [5, 5.41) is 2.97. The van der Waals surface area contributed by atoms with Crippen LogP contribution in [0.4, 0.5) is 5.82 Å². The zero-order chi connectivity index (χ0) is 24.6. The highest BCUT2D eigenvalue weighted by Crippen LogP contribution is 2.27. The lowest BCUT2D eigenvalue weighted by molar-refractivity contribution is 0.0954. The summed E-state index contributed by atoms with van der Waals surface area (Å²) in [5.41, 5.74) is 1.50. The number of rotatable bonds is 11. The molecule has 1 aliphatic heterocycles. The summed E-state index contributed by atoms with van der Waals surface area (Å²) >= 11 is 0. The van der Waals surface area contributed by atoms with E-state index in [4.69, 9.17) is 9.47 Å². The van der Waals surface area contributed by atoms with Gasteiger partial charge in [-0.2, -0.15) is 4.31 Å². The van der Waals surface area contributed by atoms with E-state index in [9.17, 15) is 13.2 Å². The monoisotopic (exact) mass is 490 g/mol. The van der Waals surface area contributed by atoms with Crippen LogP contribution in [0.5, 0.6) is 11.5 Å². The molecular weight excluding hydrogens is 456 g/mol. The van der Waals surface area contributed by atoms with Crippen LogP contribution in [0.25, 0.3) is 0 Å². The van der Waals surface area contributed by atoms with Crippen molar-refractivity contribution in [3.05, 3.63) is 47.7 Å². The molecule has 1 N–H and O–H groups in total. The summed E-state index contributed by atoms with van der Waals surface area (Å²) in [4.78, 5) is 19.4. The standard InChI is InChI=1S/C24H34N4O5S/c1-4-5-17-34(30,31)28-15-13-27(14-16-28)23-20(7-6-11-25-23)24(29)26-12-10-19-8-9-21(32-2)22(18-19)33-3/h6-9,11,18H,4-5,10,12-17H2,1-3H3,(H,26,29). The van der Waals surface area contributed by atoms with Crippen LogP contribution in [0.3, 0.4) is 0 Å². The van der Waals surface area contributed by atoms with Crippen molar-refractivity contribution >= 4 is 21.7 Å². The van der Waals surface area contributed by atoms with E-state index in [0.29, 0.717) is 68.4 Å². The third kappa shape index (κ3) is 6.38. The number of aromatic nitrogens is 1. The summed E-state index contributed by atoms with van der Waals surface area (Å²) in [6.45, 7) is 4.20. The molecule has 2 heterocycles. The van der Waals surface area contributed by atoms with Crippen LogP contribution in [0.2, 0.25) is 0 Å². The van der Waals surface area contributed by atoms with Crippen LogP contribution >= 0.6 is 0 Å². The van der Waals surface area contributed by atoms with Crippen molar-refractivity contribution < 1.29 is 22.7 Å². The zero-order valence-corrected chi connectivity index (χ0v) is 20.9. The van der Waals surface area contributed by atoms with E-state index in [1.807, 2.05) is 30.0 Å². The van der Waals surface area contributed by atoms with E-state index in [-0.39, 0.29) is 11.7 Å². The maximum absolute atomic E-state index is 12.9. The third-order valence-corrected chi connectivity index (χ3v) is 7.82. The van der Waals surface area contributed by atoms with E-state index in [1.54, 1.807) is 36.9 Å². The molecule has 0 unspecified atom stereocenters. The number of benzene rings is 1. The van der Waals surface area contributed by atoms with E-state index in [1.165, 1.54) is 0 Å². The fourth-order valence-corrected chi connectivity index (χ4v) is 5.54. The highest BCUT2D eigenvalue weighted by Gasteiger charge is 2.28. The number of amides is 1. The van der Waals surface area contributed by atoms with E-state index >= 15 is 0 Å². The van der Waals surface area contributed by atoms with Gasteiger partial charge < -0.3 is 19.7 Å². The highest BCUT2D eigenvalue weighted by molar-refractivity contribution is 7.89. The van der Waals surface area contributed by atoms with Crippen molar-refractivity contribution in [2.24, 2.45) is 0 Å². The first-order valence-electron chi connectivity index (χ1n) is 11.6. The number of carbonyl (C=O) groups is 1. The zero-order valence-electron chi connectivity index (χ0n) is 20.1. The second-order valence-corrected chi connectivity index (χ2v) is 10.2. The molecular formula is C24H34N4O5S. The van der Waals surface area contributed by atoms with Gasteiger partial charge in [-0.3, -0.25) is 4.79 Å². The quantitative estimate of drug-likeness (QED) is 0.516. The molecule has 1 aromatic carbocycles. The number of hydrogen-bond acceptors (Lipinski definition) is 7. The van der Waals surface area contributed by atoms with Gasteiger partial charge >= 0.3 is 0 Å². The molecule has 3 rings (SSSR count). The number of unbranched alkanes of at least 4 members (excludes halogenated alkanes) is 1. The number of carbonyl (C=O) groups excluding carboxylic acids is 1. The highest BCUT2D eigenvalue weighted by atomic mass is 32.2. The molecule has 0 aliphatic carbocycles. The topological polar surface area (TPSA) is 101 Å². The van der Waals surface area contributed by atoms with Crippen molar-refractivity contribution in [3.8, 4) is 11.5 Å². The normalized spacial score (nSPS) is 14.6. The molecule has 9 nitrogen and oxygen atoms in total. The van der Waals surface area contributed by atoms with Crippen LogP contribution in [0.1, 0.15) is 35.7 Å². The Hall–Kier alpha value is -2.85. The molecule has 1 saturated heterocycles.